The van der Waals surface area contributed by atoms with Crippen molar-refractivity contribution in [3.8, 4) is 0 Å². The summed E-state index contributed by atoms with van der Waals surface area (Å²) < 4.78 is 6.19. The molecule has 1 aliphatic rings. The van der Waals surface area contributed by atoms with Gasteiger partial charge in [0, 0.05) is 17.6 Å². The molecule has 2 unspecified atom stereocenters. The molecule has 0 heterocycles. The van der Waals surface area contributed by atoms with E-state index >= 15 is 0 Å². The zero-order chi connectivity index (χ0) is 13.7. The van der Waals surface area contributed by atoms with E-state index in [0.29, 0.717) is 6.04 Å². The first kappa shape index (κ1) is 14.8. The van der Waals surface area contributed by atoms with E-state index in [-0.39, 0.29) is 12.2 Å². The summed E-state index contributed by atoms with van der Waals surface area (Å²) in [6, 6.07) is 8.72. The average molecular weight is 282 g/mol. The summed E-state index contributed by atoms with van der Waals surface area (Å²) in [4.78, 5) is 0. The summed E-state index contributed by atoms with van der Waals surface area (Å²) in [5, 5.41) is 4.33. The maximum absolute atomic E-state index is 6.19. The lowest BCUT2D eigenvalue weighted by atomic mass is 10.1. The van der Waals surface area contributed by atoms with Gasteiger partial charge in [-0.2, -0.15) is 0 Å². The molecule has 19 heavy (non-hydrogen) atoms. The van der Waals surface area contributed by atoms with Crippen LogP contribution in [0.2, 0.25) is 5.02 Å². The Labute approximate surface area is 121 Å². The van der Waals surface area contributed by atoms with Crippen LogP contribution in [-0.4, -0.2) is 18.7 Å². The van der Waals surface area contributed by atoms with E-state index in [2.05, 4.69) is 25.2 Å². The van der Waals surface area contributed by atoms with Gasteiger partial charge in [-0.1, -0.05) is 37.1 Å². The molecule has 2 rings (SSSR count). The van der Waals surface area contributed by atoms with Crippen molar-refractivity contribution < 1.29 is 4.74 Å². The van der Waals surface area contributed by atoms with Crippen LogP contribution in [0, 0.1) is 0 Å². The van der Waals surface area contributed by atoms with Crippen molar-refractivity contribution in [2.45, 2.75) is 57.8 Å². The van der Waals surface area contributed by atoms with Crippen LogP contribution in [0.3, 0.4) is 0 Å². The third-order valence-electron chi connectivity index (χ3n) is 3.48. The van der Waals surface area contributed by atoms with Crippen LogP contribution >= 0.6 is 11.6 Å². The van der Waals surface area contributed by atoms with E-state index in [1.807, 2.05) is 18.2 Å². The molecule has 1 N–H and O–H groups in total. The molecule has 0 aromatic heterocycles. The zero-order valence-electron chi connectivity index (χ0n) is 11.9. The van der Waals surface area contributed by atoms with E-state index in [0.717, 1.165) is 24.4 Å². The standard InChI is InChI=1S/C16H24ClNO/c1-3-5-12(2)19-16(11-18-15-8-9-15)13-6-4-7-14(17)10-13/h4,6-7,10,12,15-16,18H,3,5,8-9,11H2,1-2H3. The molecule has 1 saturated carbocycles. The van der Waals surface area contributed by atoms with Gasteiger partial charge in [-0.15, -0.1) is 0 Å². The second-order valence-electron chi connectivity index (χ2n) is 5.46. The Bertz CT molecular complexity index is 392. The smallest absolute Gasteiger partial charge is 0.0953 e. The maximum Gasteiger partial charge on any atom is 0.0953 e. The van der Waals surface area contributed by atoms with Gasteiger partial charge in [0.25, 0.3) is 0 Å². The molecule has 1 fully saturated rings. The number of halogens is 1. The van der Waals surface area contributed by atoms with Gasteiger partial charge in [-0.05, 0) is 43.9 Å². The van der Waals surface area contributed by atoms with Crippen molar-refractivity contribution in [1.29, 1.82) is 0 Å². The quantitative estimate of drug-likeness (QED) is 0.765. The Morgan fingerprint density at radius 2 is 2.21 bits per heavy atom. The van der Waals surface area contributed by atoms with Crippen molar-refractivity contribution in [3.63, 3.8) is 0 Å². The van der Waals surface area contributed by atoms with Crippen LogP contribution in [0.25, 0.3) is 0 Å². The minimum atomic E-state index is 0.0980. The molecular weight excluding hydrogens is 258 g/mol. The average Bonchev–Trinajstić information content (AvgIpc) is 3.18. The van der Waals surface area contributed by atoms with Crippen LogP contribution in [0.1, 0.15) is 51.2 Å². The van der Waals surface area contributed by atoms with Crippen LogP contribution in [0.15, 0.2) is 24.3 Å². The van der Waals surface area contributed by atoms with Crippen molar-refractivity contribution in [1.82, 2.24) is 5.32 Å². The Morgan fingerprint density at radius 3 is 2.84 bits per heavy atom. The maximum atomic E-state index is 6.19. The van der Waals surface area contributed by atoms with E-state index in [1.165, 1.54) is 18.4 Å². The molecule has 0 spiro atoms. The molecular formula is C16H24ClNO. The summed E-state index contributed by atoms with van der Waals surface area (Å²) >= 11 is 6.09. The molecule has 0 bridgehead atoms. The normalized spacial score (nSPS) is 18.3. The molecule has 0 radical (unpaired) electrons. The highest BCUT2D eigenvalue weighted by Gasteiger charge is 2.23. The zero-order valence-corrected chi connectivity index (χ0v) is 12.6. The van der Waals surface area contributed by atoms with Gasteiger partial charge < -0.3 is 10.1 Å². The van der Waals surface area contributed by atoms with Crippen LogP contribution in [0.5, 0.6) is 0 Å². The molecule has 1 aromatic carbocycles. The molecule has 0 aliphatic heterocycles. The number of benzene rings is 1. The fourth-order valence-corrected chi connectivity index (χ4v) is 2.47. The Kier molecular flexibility index (Phi) is 5.68. The fraction of sp³-hybridized carbons (Fsp3) is 0.625. The Hall–Kier alpha value is -0.570. The summed E-state index contributed by atoms with van der Waals surface area (Å²) in [6.07, 6.45) is 5.23. The van der Waals surface area contributed by atoms with Crippen molar-refractivity contribution in [2.24, 2.45) is 0 Å². The van der Waals surface area contributed by atoms with Gasteiger partial charge in [-0.25, -0.2) is 0 Å². The third kappa shape index (κ3) is 5.13. The summed E-state index contributed by atoms with van der Waals surface area (Å²) in [6.45, 7) is 5.22. The molecule has 2 nitrogen and oxygen atoms in total. The topological polar surface area (TPSA) is 21.3 Å². The Morgan fingerprint density at radius 1 is 1.42 bits per heavy atom. The lowest BCUT2D eigenvalue weighted by Crippen LogP contribution is -2.27. The first-order valence-corrected chi connectivity index (χ1v) is 7.71. The van der Waals surface area contributed by atoms with Gasteiger partial charge in [-0.3, -0.25) is 0 Å². The monoisotopic (exact) mass is 281 g/mol. The number of hydrogen-bond acceptors (Lipinski definition) is 2. The largest absolute Gasteiger partial charge is 0.369 e. The second-order valence-corrected chi connectivity index (χ2v) is 5.90. The Balaban J connectivity index is 1.99. The van der Waals surface area contributed by atoms with Crippen LogP contribution in [-0.2, 0) is 4.74 Å². The molecule has 0 saturated heterocycles. The predicted molar refractivity (Wildman–Crippen MR) is 80.7 cm³/mol. The van der Waals surface area contributed by atoms with Crippen molar-refractivity contribution >= 4 is 11.6 Å². The fourth-order valence-electron chi connectivity index (χ4n) is 2.27. The molecule has 106 valence electrons. The molecule has 1 aliphatic carbocycles. The highest BCUT2D eigenvalue weighted by molar-refractivity contribution is 6.30. The minimum Gasteiger partial charge on any atom is -0.369 e. The van der Waals surface area contributed by atoms with Gasteiger partial charge in [0.15, 0.2) is 0 Å². The summed E-state index contributed by atoms with van der Waals surface area (Å²) in [5.74, 6) is 0. The number of hydrogen-bond donors (Lipinski definition) is 1. The van der Waals surface area contributed by atoms with Crippen LogP contribution < -0.4 is 5.32 Å². The van der Waals surface area contributed by atoms with Crippen LogP contribution in [0.4, 0.5) is 0 Å². The van der Waals surface area contributed by atoms with Crippen molar-refractivity contribution in [2.75, 3.05) is 6.54 Å². The summed E-state index contributed by atoms with van der Waals surface area (Å²) in [7, 11) is 0. The second kappa shape index (κ2) is 7.28. The summed E-state index contributed by atoms with van der Waals surface area (Å²) in [5.41, 5.74) is 1.17. The number of nitrogens with one attached hydrogen (secondary N) is 1. The van der Waals surface area contributed by atoms with Gasteiger partial charge >= 0.3 is 0 Å². The molecule has 3 heteroatoms. The van der Waals surface area contributed by atoms with Gasteiger partial charge in [0.05, 0.1) is 12.2 Å². The highest BCUT2D eigenvalue weighted by atomic mass is 35.5. The van der Waals surface area contributed by atoms with E-state index in [4.69, 9.17) is 16.3 Å². The first-order chi connectivity index (χ1) is 9.19. The third-order valence-corrected chi connectivity index (χ3v) is 3.72. The molecule has 0 amide bonds. The first-order valence-electron chi connectivity index (χ1n) is 7.33. The number of ether oxygens (including phenoxy) is 1. The van der Waals surface area contributed by atoms with Gasteiger partial charge in [0.2, 0.25) is 0 Å². The van der Waals surface area contributed by atoms with E-state index in [9.17, 15) is 0 Å². The van der Waals surface area contributed by atoms with E-state index in [1.54, 1.807) is 0 Å². The highest BCUT2D eigenvalue weighted by Crippen LogP contribution is 2.25. The minimum absolute atomic E-state index is 0.0980. The SMILES string of the molecule is CCCC(C)OC(CNC1CC1)c1cccc(Cl)c1. The molecule has 2 atom stereocenters. The van der Waals surface area contributed by atoms with E-state index < -0.39 is 0 Å². The molecule has 1 aromatic rings. The lowest BCUT2D eigenvalue weighted by molar-refractivity contribution is -0.00740. The van der Waals surface area contributed by atoms with Gasteiger partial charge in [0.1, 0.15) is 0 Å². The van der Waals surface area contributed by atoms with Crippen molar-refractivity contribution in [3.05, 3.63) is 34.9 Å². The predicted octanol–water partition coefficient (Wildman–Crippen LogP) is 4.34. The lowest BCUT2D eigenvalue weighted by Gasteiger charge is -2.23. The number of rotatable bonds is 8.